The van der Waals surface area contributed by atoms with Crippen molar-refractivity contribution in [3.63, 3.8) is 0 Å². The Morgan fingerprint density at radius 1 is 1.37 bits per heavy atom. The Labute approximate surface area is 115 Å². The molecule has 0 aliphatic rings. The zero-order valence-corrected chi connectivity index (χ0v) is 11.6. The molecule has 1 aromatic heterocycles. The number of aliphatic carboxylic acids is 1. The maximum Gasteiger partial charge on any atom is 0.326 e. The zero-order chi connectivity index (χ0) is 14.0. The third-order valence-corrected chi connectivity index (χ3v) is 4.33. The van der Waals surface area contributed by atoms with Gasteiger partial charge in [0.25, 0.3) is 5.91 Å². The minimum Gasteiger partial charge on any atom is -0.480 e. The van der Waals surface area contributed by atoms with Gasteiger partial charge in [-0.05, 0) is 30.4 Å². The number of fused-ring (bicyclic) bond motifs is 1. The summed E-state index contributed by atoms with van der Waals surface area (Å²) in [6.45, 7) is 3.62. The lowest BCUT2D eigenvalue weighted by Crippen LogP contribution is -2.40. The number of benzene rings is 1. The lowest BCUT2D eigenvalue weighted by molar-refractivity contribution is -0.139. The number of hydrogen-bond acceptors (Lipinski definition) is 3. The predicted octanol–water partition coefficient (Wildman–Crippen LogP) is 2.80. The summed E-state index contributed by atoms with van der Waals surface area (Å²) in [6.07, 6.45) is 0.366. The van der Waals surface area contributed by atoms with Gasteiger partial charge >= 0.3 is 5.97 Å². The molecule has 2 rings (SSSR count). The third-order valence-electron chi connectivity index (χ3n) is 3.06. The zero-order valence-electron chi connectivity index (χ0n) is 10.8. The first kappa shape index (κ1) is 13.5. The van der Waals surface area contributed by atoms with Crippen molar-refractivity contribution in [1.82, 2.24) is 5.32 Å². The van der Waals surface area contributed by atoms with Crippen LogP contribution in [0.2, 0.25) is 0 Å². The molecule has 0 radical (unpaired) electrons. The molecule has 0 aliphatic carbocycles. The van der Waals surface area contributed by atoms with Gasteiger partial charge in [-0.1, -0.05) is 25.1 Å². The van der Waals surface area contributed by atoms with E-state index < -0.39 is 12.0 Å². The van der Waals surface area contributed by atoms with Gasteiger partial charge in [0, 0.05) is 4.70 Å². The summed E-state index contributed by atoms with van der Waals surface area (Å²) >= 11 is 1.39. The van der Waals surface area contributed by atoms with Crippen molar-refractivity contribution in [2.75, 3.05) is 0 Å². The summed E-state index contributed by atoms with van der Waals surface area (Å²) in [5, 5.41) is 12.6. The maximum atomic E-state index is 12.1. The first-order valence-corrected chi connectivity index (χ1v) is 6.88. The topological polar surface area (TPSA) is 66.4 Å². The number of nitrogens with one attached hydrogen (secondary N) is 1. The highest BCUT2D eigenvalue weighted by atomic mass is 32.1. The molecule has 1 atom stereocenters. The minimum atomic E-state index is -1.00. The molecule has 0 saturated heterocycles. The standard InChI is InChI=1S/C14H15NO3S/c1-3-10(14(17)18)15-13(16)12-8(2)9-6-4-5-7-11(9)19-12/h4-7,10H,3H2,1-2H3,(H,15,16)(H,17,18)/t10-/m1/s1. The van der Waals surface area contributed by atoms with Crippen LogP contribution in [-0.4, -0.2) is 23.0 Å². The van der Waals surface area contributed by atoms with Crippen molar-refractivity contribution < 1.29 is 14.7 Å². The van der Waals surface area contributed by atoms with Crippen LogP contribution in [0.25, 0.3) is 10.1 Å². The normalized spacial score (nSPS) is 12.3. The first-order chi connectivity index (χ1) is 9.04. The van der Waals surface area contributed by atoms with E-state index in [-0.39, 0.29) is 5.91 Å². The average Bonchev–Trinajstić information content (AvgIpc) is 2.73. The molecule has 1 amide bonds. The largest absolute Gasteiger partial charge is 0.480 e. The van der Waals surface area contributed by atoms with E-state index in [1.54, 1.807) is 6.92 Å². The molecular weight excluding hydrogens is 262 g/mol. The van der Waals surface area contributed by atoms with Gasteiger partial charge in [0.15, 0.2) is 0 Å². The number of carboxylic acid groups (broad SMARTS) is 1. The Balaban J connectivity index is 2.31. The van der Waals surface area contributed by atoms with Crippen molar-refractivity contribution in [1.29, 1.82) is 0 Å². The molecule has 4 nitrogen and oxygen atoms in total. The summed E-state index contributed by atoms with van der Waals surface area (Å²) < 4.78 is 1.04. The van der Waals surface area contributed by atoms with Crippen molar-refractivity contribution in [2.45, 2.75) is 26.3 Å². The Hall–Kier alpha value is -1.88. The number of rotatable bonds is 4. The van der Waals surface area contributed by atoms with Gasteiger partial charge in [0.1, 0.15) is 6.04 Å². The van der Waals surface area contributed by atoms with Crippen LogP contribution in [0.1, 0.15) is 28.6 Å². The number of thiophene rings is 1. The molecule has 100 valence electrons. The molecule has 0 bridgehead atoms. The highest BCUT2D eigenvalue weighted by Crippen LogP contribution is 2.30. The van der Waals surface area contributed by atoms with E-state index in [0.717, 1.165) is 15.6 Å². The molecule has 0 unspecified atom stereocenters. The van der Waals surface area contributed by atoms with Crippen molar-refractivity contribution in [3.05, 3.63) is 34.7 Å². The summed E-state index contributed by atoms with van der Waals surface area (Å²) in [6, 6.07) is 6.93. The lowest BCUT2D eigenvalue weighted by atomic mass is 10.1. The predicted molar refractivity (Wildman–Crippen MR) is 75.7 cm³/mol. The summed E-state index contributed by atoms with van der Waals surface area (Å²) in [4.78, 5) is 23.7. The molecule has 0 aliphatic heterocycles. The average molecular weight is 277 g/mol. The second-order valence-corrected chi connectivity index (χ2v) is 5.38. The number of hydrogen-bond donors (Lipinski definition) is 2. The van der Waals surface area contributed by atoms with Gasteiger partial charge in [0.2, 0.25) is 0 Å². The second kappa shape index (κ2) is 5.40. The molecule has 2 aromatic rings. The summed E-state index contributed by atoms with van der Waals surface area (Å²) in [5.41, 5.74) is 0.901. The molecule has 19 heavy (non-hydrogen) atoms. The number of carboxylic acids is 1. The van der Waals surface area contributed by atoms with E-state index >= 15 is 0 Å². The number of amides is 1. The van der Waals surface area contributed by atoms with E-state index in [4.69, 9.17) is 5.11 Å². The number of aryl methyl sites for hydroxylation is 1. The molecule has 0 saturated carbocycles. The van der Waals surface area contributed by atoms with E-state index in [1.807, 2.05) is 31.2 Å². The lowest BCUT2D eigenvalue weighted by Gasteiger charge is -2.11. The fourth-order valence-corrected chi connectivity index (χ4v) is 3.07. The van der Waals surface area contributed by atoms with Crippen LogP contribution < -0.4 is 5.32 Å². The van der Waals surface area contributed by atoms with Gasteiger partial charge in [-0.25, -0.2) is 4.79 Å². The molecule has 1 aromatic carbocycles. The molecule has 2 N–H and O–H groups in total. The first-order valence-electron chi connectivity index (χ1n) is 6.06. The quantitative estimate of drug-likeness (QED) is 0.903. The molecular formula is C14H15NO3S. The van der Waals surface area contributed by atoms with Crippen molar-refractivity contribution in [3.8, 4) is 0 Å². The molecule has 0 fully saturated rings. The van der Waals surface area contributed by atoms with Crippen molar-refractivity contribution in [2.24, 2.45) is 0 Å². The van der Waals surface area contributed by atoms with Gasteiger partial charge in [-0.2, -0.15) is 0 Å². The Bertz CT molecular complexity index is 633. The summed E-state index contributed by atoms with van der Waals surface area (Å²) in [7, 11) is 0. The number of carbonyl (C=O) groups excluding carboxylic acids is 1. The molecule has 0 spiro atoms. The van der Waals surface area contributed by atoms with Crippen LogP contribution in [0, 0.1) is 6.92 Å². The van der Waals surface area contributed by atoms with E-state index in [2.05, 4.69) is 5.32 Å². The van der Waals surface area contributed by atoms with Crippen LogP contribution >= 0.6 is 11.3 Å². The Morgan fingerprint density at radius 2 is 2.05 bits per heavy atom. The van der Waals surface area contributed by atoms with Crippen LogP contribution in [0.3, 0.4) is 0 Å². The maximum absolute atomic E-state index is 12.1. The fourth-order valence-electron chi connectivity index (χ4n) is 1.95. The monoisotopic (exact) mass is 277 g/mol. The van der Waals surface area contributed by atoms with Crippen LogP contribution in [-0.2, 0) is 4.79 Å². The SMILES string of the molecule is CC[C@@H](NC(=O)c1sc2ccccc2c1C)C(=O)O. The van der Waals surface area contributed by atoms with Crippen molar-refractivity contribution >= 4 is 33.3 Å². The van der Waals surface area contributed by atoms with Gasteiger partial charge < -0.3 is 10.4 Å². The van der Waals surface area contributed by atoms with E-state index in [0.29, 0.717) is 11.3 Å². The number of carbonyl (C=O) groups is 2. The Kier molecular flexibility index (Phi) is 3.85. The fraction of sp³-hybridized carbons (Fsp3) is 0.286. The van der Waals surface area contributed by atoms with Gasteiger partial charge in [-0.15, -0.1) is 11.3 Å². The summed E-state index contributed by atoms with van der Waals surface area (Å²) in [5.74, 6) is -1.32. The molecule has 1 heterocycles. The Morgan fingerprint density at radius 3 is 2.63 bits per heavy atom. The smallest absolute Gasteiger partial charge is 0.326 e. The van der Waals surface area contributed by atoms with Gasteiger partial charge in [-0.3, -0.25) is 4.79 Å². The second-order valence-electron chi connectivity index (χ2n) is 4.32. The van der Waals surface area contributed by atoms with Gasteiger partial charge in [0.05, 0.1) is 4.88 Å². The van der Waals surface area contributed by atoms with E-state index in [9.17, 15) is 9.59 Å². The highest BCUT2D eigenvalue weighted by Gasteiger charge is 2.21. The minimum absolute atomic E-state index is 0.312. The molecule has 5 heteroatoms. The van der Waals surface area contributed by atoms with E-state index in [1.165, 1.54) is 11.3 Å². The van der Waals surface area contributed by atoms with Crippen LogP contribution in [0.15, 0.2) is 24.3 Å². The van der Waals surface area contributed by atoms with Crippen LogP contribution in [0.5, 0.6) is 0 Å². The third kappa shape index (κ3) is 2.61. The highest BCUT2D eigenvalue weighted by molar-refractivity contribution is 7.21. The van der Waals surface area contributed by atoms with Crippen LogP contribution in [0.4, 0.5) is 0 Å².